The van der Waals surface area contributed by atoms with Gasteiger partial charge in [-0.05, 0) is 31.3 Å². The van der Waals surface area contributed by atoms with Crippen molar-refractivity contribution >= 4 is 17.7 Å². The van der Waals surface area contributed by atoms with Crippen LogP contribution in [0.5, 0.6) is 34.6 Å². The third-order valence-corrected chi connectivity index (χ3v) is 6.54. The molecule has 5 N–H and O–H groups in total. The average molecular weight is 498 g/mol. The minimum absolute atomic E-state index is 0.147. The molecular weight excluding hydrogens is 474 g/mol. The van der Waals surface area contributed by atoms with Crippen molar-refractivity contribution in [2.24, 2.45) is 0 Å². The molecule has 1 saturated heterocycles. The Kier molecular flexibility index (Phi) is 6.90. The topological polar surface area (TPSA) is 166 Å². The van der Waals surface area contributed by atoms with Crippen molar-refractivity contribution in [3.8, 4) is 40.7 Å². The van der Waals surface area contributed by atoms with Crippen LogP contribution in [0.25, 0.3) is 0 Å². The Morgan fingerprint density at radius 2 is 1.54 bits per heavy atom. The molecule has 0 radical (unpaired) electrons. The average Bonchev–Trinajstić information content (AvgIpc) is 2.88. The maximum Gasteiger partial charge on any atom is 0.232 e. The van der Waals surface area contributed by atoms with E-state index >= 15 is 0 Å². The summed E-state index contributed by atoms with van der Waals surface area (Å²) in [6.45, 7) is 2.65. The summed E-state index contributed by atoms with van der Waals surface area (Å²) in [5.74, 6) is -4.06. The Hall–Kier alpha value is -4.08. The van der Waals surface area contributed by atoms with Crippen LogP contribution in [0.4, 0.5) is 5.95 Å². The van der Waals surface area contributed by atoms with Gasteiger partial charge in [-0.25, -0.2) is 4.98 Å². The van der Waals surface area contributed by atoms with Crippen LogP contribution in [0.15, 0.2) is 40.3 Å². The summed E-state index contributed by atoms with van der Waals surface area (Å²) < 4.78 is 5.82. The Bertz CT molecular complexity index is 1240. The number of phenols is 5. The smallest absolute Gasteiger partial charge is 0.232 e. The quantitative estimate of drug-likeness (QED) is 0.250. The lowest BCUT2D eigenvalue weighted by atomic mass is 10.1. The number of rotatable bonds is 6. The molecule has 1 aromatic heterocycles. The van der Waals surface area contributed by atoms with Crippen LogP contribution in [-0.2, 0) is 6.61 Å². The van der Waals surface area contributed by atoms with Crippen LogP contribution in [0.1, 0.15) is 11.1 Å². The molecule has 0 amide bonds. The maximum atomic E-state index is 10.2. The fourth-order valence-electron chi connectivity index (χ4n) is 3.41. The van der Waals surface area contributed by atoms with E-state index in [0.29, 0.717) is 16.4 Å². The van der Waals surface area contributed by atoms with Crippen LogP contribution in [0.2, 0.25) is 0 Å². The molecule has 4 rings (SSSR count). The number of nitriles is 1. The standard InChI is InChI=1S/C23H23N5O6S/c1-27-6-8-28(9-7-27)23-25-11-16(35-14-4-2-13(10-24)3-5-14)22(26-23)34-12-15-17(29)19(31)21(33)20(32)18(15)30/h2-5,11,29-33H,6-9,12H2,1H3. The van der Waals surface area contributed by atoms with Crippen molar-refractivity contribution in [2.75, 3.05) is 38.1 Å². The second-order valence-corrected chi connectivity index (χ2v) is 8.99. The lowest BCUT2D eigenvalue weighted by Gasteiger charge is -2.32. The van der Waals surface area contributed by atoms with E-state index < -0.39 is 35.4 Å². The fourth-order valence-corrected chi connectivity index (χ4v) is 4.24. The minimum Gasteiger partial charge on any atom is -0.504 e. The molecule has 0 aliphatic carbocycles. The van der Waals surface area contributed by atoms with Crippen molar-refractivity contribution < 1.29 is 30.3 Å². The molecule has 1 aliphatic rings. The summed E-state index contributed by atoms with van der Waals surface area (Å²) in [5.41, 5.74) is 0.192. The number of hydrogen-bond acceptors (Lipinski definition) is 12. The molecule has 3 aromatic rings. The molecular formula is C23H23N5O6S. The molecule has 2 heterocycles. The number of likely N-dealkylation sites (N-methyl/N-ethyl adjacent to an activating group) is 1. The largest absolute Gasteiger partial charge is 0.504 e. The third-order valence-electron chi connectivity index (χ3n) is 5.53. The van der Waals surface area contributed by atoms with Gasteiger partial charge in [0.2, 0.25) is 29.1 Å². The first-order valence-corrected chi connectivity index (χ1v) is 11.4. The Labute approximate surface area is 205 Å². The number of ether oxygens (including phenoxy) is 1. The number of aromatic nitrogens is 2. The van der Waals surface area contributed by atoms with E-state index in [2.05, 4.69) is 20.9 Å². The van der Waals surface area contributed by atoms with Gasteiger partial charge in [-0.15, -0.1) is 0 Å². The summed E-state index contributed by atoms with van der Waals surface area (Å²) in [7, 11) is 2.03. The first-order valence-electron chi connectivity index (χ1n) is 10.6. The van der Waals surface area contributed by atoms with Crippen LogP contribution in [-0.4, -0.2) is 73.6 Å². The summed E-state index contributed by atoms with van der Waals surface area (Å²) >= 11 is 1.29. The second kappa shape index (κ2) is 10.0. The molecule has 0 spiro atoms. The molecule has 11 nitrogen and oxygen atoms in total. The van der Waals surface area contributed by atoms with E-state index in [9.17, 15) is 25.5 Å². The Morgan fingerprint density at radius 1 is 0.943 bits per heavy atom. The second-order valence-electron chi connectivity index (χ2n) is 7.88. The Morgan fingerprint density at radius 3 is 2.14 bits per heavy atom. The molecule has 1 aliphatic heterocycles. The zero-order valence-corrected chi connectivity index (χ0v) is 19.5. The zero-order valence-electron chi connectivity index (χ0n) is 18.7. The highest BCUT2D eigenvalue weighted by molar-refractivity contribution is 7.99. The SMILES string of the molecule is CN1CCN(c2ncc(Sc3ccc(C#N)cc3)c(OCc3c(O)c(O)c(O)c(O)c3O)n2)CC1. The van der Waals surface area contributed by atoms with Gasteiger partial charge in [0, 0.05) is 31.1 Å². The van der Waals surface area contributed by atoms with Gasteiger partial charge in [0.05, 0.1) is 28.3 Å². The van der Waals surface area contributed by atoms with Gasteiger partial charge in [-0.2, -0.15) is 10.2 Å². The zero-order chi connectivity index (χ0) is 25.1. The van der Waals surface area contributed by atoms with Gasteiger partial charge in [0.1, 0.15) is 6.61 Å². The van der Waals surface area contributed by atoms with Crippen LogP contribution in [0, 0.1) is 11.3 Å². The fraction of sp³-hybridized carbons (Fsp3) is 0.261. The highest BCUT2D eigenvalue weighted by atomic mass is 32.2. The number of nitrogens with zero attached hydrogens (tertiary/aromatic N) is 5. The summed E-state index contributed by atoms with van der Waals surface area (Å²) in [4.78, 5) is 14.6. The van der Waals surface area contributed by atoms with Gasteiger partial charge in [0.25, 0.3) is 0 Å². The van der Waals surface area contributed by atoms with Gasteiger partial charge < -0.3 is 40.1 Å². The first kappa shape index (κ1) is 24.1. The lowest BCUT2D eigenvalue weighted by molar-refractivity contribution is 0.262. The molecule has 1 fully saturated rings. The number of phenolic OH excluding ortho intramolecular Hbond substituents is 5. The number of benzene rings is 2. The highest BCUT2D eigenvalue weighted by Gasteiger charge is 2.25. The van der Waals surface area contributed by atoms with Crippen molar-refractivity contribution in [3.63, 3.8) is 0 Å². The van der Waals surface area contributed by atoms with Crippen LogP contribution in [0.3, 0.4) is 0 Å². The molecule has 35 heavy (non-hydrogen) atoms. The van der Waals surface area contributed by atoms with Crippen molar-refractivity contribution in [1.29, 1.82) is 5.26 Å². The first-order chi connectivity index (χ1) is 16.8. The van der Waals surface area contributed by atoms with E-state index in [1.165, 1.54) is 11.8 Å². The highest BCUT2D eigenvalue weighted by Crippen LogP contribution is 2.51. The third kappa shape index (κ3) is 5.06. The van der Waals surface area contributed by atoms with Gasteiger partial charge >= 0.3 is 0 Å². The van der Waals surface area contributed by atoms with Gasteiger partial charge in [0.15, 0.2) is 11.5 Å². The van der Waals surface area contributed by atoms with Gasteiger partial charge in [-0.1, -0.05) is 11.8 Å². The molecule has 0 bridgehead atoms. The summed E-state index contributed by atoms with van der Waals surface area (Å²) in [6, 6.07) is 8.97. The number of hydrogen-bond donors (Lipinski definition) is 5. The monoisotopic (exact) mass is 497 g/mol. The molecule has 0 unspecified atom stereocenters. The predicted octanol–water partition coefficient (Wildman–Crippen LogP) is 2.36. The molecule has 0 atom stereocenters. The normalized spacial score (nSPS) is 14.0. The van der Waals surface area contributed by atoms with Crippen molar-refractivity contribution in [3.05, 3.63) is 41.6 Å². The minimum atomic E-state index is -1.04. The summed E-state index contributed by atoms with van der Waals surface area (Å²) in [6.07, 6.45) is 1.60. The van der Waals surface area contributed by atoms with Crippen LogP contribution >= 0.6 is 11.8 Å². The van der Waals surface area contributed by atoms with E-state index in [4.69, 9.17) is 10.00 Å². The van der Waals surface area contributed by atoms with Crippen molar-refractivity contribution in [1.82, 2.24) is 14.9 Å². The Balaban J connectivity index is 1.65. The number of aromatic hydroxyl groups is 5. The lowest BCUT2D eigenvalue weighted by Crippen LogP contribution is -2.45. The predicted molar refractivity (Wildman–Crippen MR) is 126 cm³/mol. The maximum absolute atomic E-state index is 10.2. The molecule has 0 saturated carbocycles. The van der Waals surface area contributed by atoms with E-state index in [0.717, 1.165) is 31.1 Å². The molecule has 12 heteroatoms. The number of anilines is 1. The van der Waals surface area contributed by atoms with E-state index in [-0.39, 0.29) is 11.4 Å². The molecule has 182 valence electrons. The van der Waals surface area contributed by atoms with Gasteiger partial charge in [-0.3, -0.25) is 0 Å². The van der Waals surface area contributed by atoms with Crippen molar-refractivity contribution in [2.45, 2.75) is 16.4 Å². The molecule has 2 aromatic carbocycles. The van der Waals surface area contributed by atoms with E-state index in [1.54, 1.807) is 30.5 Å². The number of piperazine rings is 1. The van der Waals surface area contributed by atoms with Crippen LogP contribution < -0.4 is 9.64 Å². The summed E-state index contributed by atoms with van der Waals surface area (Å²) in [5, 5.41) is 58.6. The van der Waals surface area contributed by atoms with E-state index in [1.807, 2.05) is 11.9 Å².